The lowest BCUT2D eigenvalue weighted by Gasteiger charge is -2.16. The maximum atomic E-state index is 13.3. The lowest BCUT2D eigenvalue weighted by molar-refractivity contribution is 0.0933. The number of amides is 1. The number of fused-ring (bicyclic) bond motifs is 1. The van der Waals surface area contributed by atoms with Gasteiger partial charge in [0.1, 0.15) is 17.7 Å². The molecule has 0 aliphatic rings. The molecule has 0 radical (unpaired) electrons. The Hall–Kier alpha value is -3.92. The van der Waals surface area contributed by atoms with E-state index in [0.29, 0.717) is 28.2 Å². The van der Waals surface area contributed by atoms with Crippen molar-refractivity contribution in [1.29, 1.82) is 0 Å². The summed E-state index contributed by atoms with van der Waals surface area (Å²) in [4.78, 5) is 22.0. The molecule has 0 aliphatic heterocycles. The summed E-state index contributed by atoms with van der Waals surface area (Å²) in [5.41, 5.74) is 2.57. The number of benzene rings is 2. The first-order valence-electron chi connectivity index (χ1n) is 11.2. The summed E-state index contributed by atoms with van der Waals surface area (Å²) in [6.07, 6.45) is 2.94. The predicted octanol–water partition coefficient (Wildman–Crippen LogP) is 3.59. The van der Waals surface area contributed by atoms with Crippen LogP contribution in [0.15, 0.2) is 67.0 Å². The quantitative estimate of drug-likeness (QED) is 0.368. The first-order valence-corrected chi connectivity index (χ1v) is 12.8. The number of ether oxygens (including phenoxy) is 1. The van der Waals surface area contributed by atoms with Crippen molar-refractivity contribution < 1.29 is 17.9 Å². The zero-order chi connectivity index (χ0) is 25.0. The highest BCUT2D eigenvalue weighted by molar-refractivity contribution is 7.92. The smallest absolute Gasteiger partial charge is 0.253 e. The van der Waals surface area contributed by atoms with Gasteiger partial charge in [-0.3, -0.25) is 14.5 Å². The Morgan fingerprint density at radius 2 is 1.91 bits per heavy atom. The highest BCUT2D eigenvalue weighted by atomic mass is 32.2. The van der Waals surface area contributed by atoms with Gasteiger partial charge in [0.05, 0.1) is 40.8 Å². The topological polar surface area (TPSA) is 115 Å². The molecule has 0 bridgehead atoms. The van der Waals surface area contributed by atoms with Gasteiger partial charge in [-0.2, -0.15) is 0 Å². The van der Waals surface area contributed by atoms with Crippen LogP contribution in [0.3, 0.4) is 0 Å². The van der Waals surface area contributed by atoms with Gasteiger partial charge in [-0.25, -0.2) is 13.4 Å². The summed E-state index contributed by atoms with van der Waals surface area (Å²) in [5, 5.41) is 2.89. The Bertz CT molecular complexity index is 1440. The molecule has 0 unspecified atom stereocenters. The minimum absolute atomic E-state index is 0.0900. The predicted molar refractivity (Wildman–Crippen MR) is 136 cm³/mol. The molecule has 10 heteroatoms. The number of carbonyl (C=O) groups excluding carboxylic acids is 1. The van der Waals surface area contributed by atoms with Crippen LogP contribution in [0.25, 0.3) is 22.4 Å². The van der Waals surface area contributed by atoms with E-state index in [1.165, 1.54) is 6.07 Å². The van der Waals surface area contributed by atoms with E-state index in [2.05, 4.69) is 15.0 Å². The van der Waals surface area contributed by atoms with E-state index in [1.807, 2.05) is 48.9 Å². The van der Waals surface area contributed by atoms with Gasteiger partial charge in [0.15, 0.2) is 0 Å². The fraction of sp³-hybridized carbons (Fsp3) is 0.240. The van der Waals surface area contributed by atoms with Gasteiger partial charge in [0.25, 0.3) is 5.91 Å². The van der Waals surface area contributed by atoms with E-state index < -0.39 is 10.0 Å². The van der Waals surface area contributed by atoms with Crippen molar-refractivity contribution >= 4 is 32.7 Å². The van der Waals surface area contributed by atoms with Gasteiger partial charge in [0, 0.05) is 18.8 Å². The minimum Gasteiger partial charge on any atom is -0.487 e. The van der Waals surface area contributed by atoms with Crippen LogP contribution in [0.5, 0.6) is 5.75 Å². The van der Waals surface area contributed by atoms with Gasteiger partial charge >= 0.3 is 0 Å². The monoisotopic (exact) mass is 493 g/mol. The molecule has 2 heterocycles. The molecule has 1 atom stereocenters. The van der Waals surface area contributed by atoms with E-state index >= 15 is 0 Å². The first kappa shape index (κ1) is 24.2. The zero-order valence-electron chi connectivity index (χ0n) is 19.7. The molecule has 2 N–H and O–H groups in total. The Labute approximate surface area is 204 Å². The number of hydrogen-bond donors (Lipinski definition) is 2. The number of hydrogen-bond acceptors (Lipinski definition) is 6. The third kappa shape index (κ3) is 5.60. The number of sulfonamides is 1. The van der Waals surface area contributed by atoms with Crippen LogP contribution in [0, 0.1) is 0 Å². The zero-order valence-corrected chi connectivity index (χ0v) is 20.5. The Morgan fingerprint density at radius 1 is 1.14 bits per heavy atom. The lowest BCUT2D eigenvalue weighted by Crippen LogP contribution is -2.34. The number of aromatic nitrogens is 3. The van der Waals surface area contributed by atoms with Crippen LogP contribution in [0.2, 0.25) is 0 Å². The van der Waals surface area contributed by atoms with Gasteiger partial charge in [-0.05, 0) is 38.1 Å². The van der Waals surface area contributed by atoms with Crippen molar-refractivity contribution in [3.05, 3.63) is 72.6 Å². The fourth-order valence-electron chi connectivity index (χ4n) is 3.70. The SMILES string of the molecule is CCS(=O)(=O)Nc1cc(C(=O)NC[C@H](C)Oc2cccnc2)c2c(c1)nc(-c1ccccc1)n2C. The van der Waals surface area contributed by atoms with Gasteiger partial charge in [-0.15, -0.1) is 0 Å². The molecule has 4 rings (SSSR count). The number of aryl methyl sites for hydroxylation is 1. The largest absolute Gasteiger partial charge is 0.487 e. The van der Waals surface area contributed by atoms with Crippen LogP contribution in [-0.4, -0.2) is 47.3 Å². The molecule has 0 saturated heterocycles. The number of nitrogens with one attached hydrogen (secondary N) is 2. The second-order valence-corrected chi connectivity index (χ2v) is 10.1. The highest BCUT2D eigenvalue weighted by Crippen LogP contribution is 2.29. The van der Waals surface area contributed by atoms with Crippen molar-refractivity contribution in [2.45, 2.75) is 20.0 Å². The molecule has 0 saturated carbocycles. The van der Waals surface area contributed by atoms with Gasteiger partial charge in [0.2, 0.25) is 10.0 Å². The number of rotatable bonds is 9. The maximum Gasteiger partial charge on any atom is 0.253 e. The van der Waals surface area contributed by atoms with Crippen molar-refractivity contribution in [2.75, 3.05) is 17.0 Å². The molecule has 4 aromatic rings. The molecule has 182 valence electrons. The minimum atomic E-state index is -3.54. The van der Waals surface area contributed by atoms with E-state index in [9.17, 15) is 13.2 Å². The fourth-order valence-corrected chi connectivity index (χ4v) is 4.32. The molecule has 1 amide bonds. The summed E-state index contributed by atoms with van der Waals surface area (Å²) in [5.74, 6) is 0.815. The highest BCUT2D eigenvalue weighted by Gasteiger charge is 2.21. The Morgan fingerprint density at radius 3 is 2.60 bits per heavy atom. The molecular weight excluding hydrogens is 466 g/mol. The third-order valence-electron chi connectivity index (χ3n) is 5.42. The normalized spacial score (nSPS) is 12.3. The van der Waals surface area contributed by atoms with E-state index in [4.69, 9.17) is 9.72 Å². The Balaban J connectivity index is 1.68. The number of carbonyl (C=O) groups is 1. The van der Waals surface area contributed by atoms with Crippen molar-refractivity contribution in [3.8, 4) is 17.1 Å². The maximum absolute atomic E-state index is 13.3. The third-order valence-corrected chi connectivity index (χ3v) is 6.73. The van der Waals surface area contributed by atoms with Gasteiger partial charge < -0.3 is 14.6 Å². The standard InChI is InChI=1S/C25H27N5O4S/c1-4-35(32,33)29-19-13-21(25(31)27-15-17(2)34-20-11-8-12-26-16-20)23-22(14-19)28-24(30(23)3)18-9-6-5-7-10-18/h5-14,16-17,29H,4,15H2,1-3H3,(H,27,31)/t17-/m0/s1. The van der Waals surface area contributed by atoms with E-state index in [1.54, 1.807) is 37.5 Å². The molecule has 2 aromatic carbocycles. The lowest BCUT2D eigenvalue weighted by atomic mass is 10.1. The summed E-state index contributed by atoms with van der Waals surface area (Å²) < 4.78 is 34.6. The van der Waals surface area contributed by atoms with Crippen LogP contribution >= 0.6 is 0 Å². The van der Waals surface area contributed by atoms with Crippen LogP contribution in [0.4, 0.5) is 5.69 Å². The molecule has 0 aliphatic carbocycles. The number of pyridine rings is 1. The average molecular weight is 494 g/mol. The molecular formula is C25H27N5O4S. The van der Waals surface area contributed by atoms with Crippen LogP contribution < -0.4 is 14.8 Å². The molecule has 0 fully saturated rings. The summed E-state index contributed by atoms with van der Waals surface area (Å²) in [6, 6.07) is 16.3. The second-order valence-electron chi connectivity index (χ2n) is 8.08. The summed E-state index contributed by atoms with van der Waals surface area (Å²) in [7, 11) is -1.71. The van der Waals surface area contributed by atoms with Crippen molar-refractivity contribution in [2.24, 2.45) is 7.05 Å². The van der Waals surface area contributed by atoms with Crippen molar-refractivity contribution in [1.82, 2.24) is 19.9 Å². The average Bonchev–Trinajstić information content (AvgIpc) is 3.19. The van der Waals surface area contributed by atoms with E-state index in [0.717, 1.165) is 5.56 Å². The Kier molecular flexibility index (Phi) is 7.02. The van der Waals surface area contributed by atoms with Crippen LogP contribution in [-0.2, 0) is 17.1 Å². The van der Waals surface area contributed by atoms with Crippen LogP contribution in [0.1, 0.15) is 24.2 Å². The summed E-state index contributed by atoms with van der Waals surface area (Å²) in [6.45, 7) is 3.63. The molecule has 35 heavy (non-hydrogen) atoms. The van der Waals surface area contributed by atoms with Gasteiger partial charge in [-0.1, -0.05) is 30.3 Å². The molecule has 0 spiro atoms. The van der Waals surface area contributed by atoms with Crippen molar-refractivity contribution in [3.63, 3.8) is 0 Å². The second kappa shape index (κ2) is 10.1. The first-order chi connectivity index (χ1) is 16.8. The molecule has 2 aromatic heterocycles. The number of imidazole rings is 1. The number of nitrogens with zero attached hydrogens (tertiary/aromatic N) is 3. The summed E-state index contributed by atoms with van der Waals surface area (Å²) >= 11 is 0. The molecule has 9 nitrogen and oxygen atoms in total. The van der Waals surface area contributed by atoms with E-state index in [-0.39, 0.29) is 30.0 Å². The number of anilines is 1.